The van der Waals surface area contributed by atoms with Gasteiger partial charge in [0.1, 0.15) is 17.2 Å². The van der Waals surface area contributed by atoms with E-state index in [0.29, 0.717) is 38.1 Å². The zero-order valence-corrected chi connectivity index (χ0v) is 15.8. The van der Waals surface area contributed by atoms with Crippen molar-refractivity contribution in [3.63, 3.8) is 0 Å². The minimum atomic E-state index is 0.600. The van der Waals surface area contributed by atoms with Crippen LogP contribution in [0.2, 0.25) is 10.0 Å². The molecule has 0 fully saturated rings. The number of rotatable bonds is 6. The molecule has 1 heterocycles. The second-order valence-electron chi connectivity index (χ2n) is 4.94. The average Bonchev–Trinajstić information content (AvgIpc) is 3.08. The van der Waals surface area contributed by atoms with E-state index in [9.17, 15) is 0 Å². The molecule has 0 aliphatic rings. The first-order chi connectivity index (χ1) is 12.1. The fourth-order valence-electron chi connectivity index (χ4n) is 2.16. The molecule has 25 heavy (non-hydrogen) atoms. The molecule has 3 aromatic rings. The van der Waals surface area contributed by atoms with Gasteiger partial charge in [-0.15, -0.1) is 5.10 Å². The van der Waals surface area contributed by atoms with Crippen LogP contribution in [0.1, 0.15) is 5.56 Å². The Bertz CT molecular complexity index is 888. The summed E-state index contributed by atoms with van der Waals surface area (Å²) in [6.07, 6.45) is 0. The van der Waals surface area contributed by atoms with Crippen LogP contribution in [0.5, 0.6) is 11.5 Å². The summed E-state index contributed by atoms with van der Waals surface area (Å²) in [5.41, 5.74) is 1.64. The topological polar surface area (TPSA) is 62.1 Å². The maximum atomic E-state index is 6.22. The molecule has 0 unspecified atom stereocenters. The van der Waals surface area contributed by atoms with E-state index in [0.717, 1.165) is 5.56 Å². The van der Waals surface area contributed by atoms with E-state index in [-0.39, 0.29) is 0 Å². The van der Waals surface area contributed by atoms with Crippen molar-refractivity contribution in [3.05, 3.63) is 52.0 Å². The predicted octanol–water partition coefficient (Wildman–Crippen LogP) is 4.28. The molecule has 0 saturated carbocycles. The molecule has 0 amide bonds. The molecule has 0 aliphatic heterocycles. The minimum absolute atomic E-state index is 0.600. The van der Waals surface area contributed by atoms with E-state index in [1.807, 2.05) is 18.2 Å². The highest BCUT2D eigenvalue weighted by Gasteiger charge is 2.15. The van der Waals surface area contributed by atoms with Crippen molar-refractivity contribution < 1.29 is 9.47 Å². The maximum absolute atomic E-state index is 6.22. The molecule has 0 N–H and O–H groups in total. The molecule has 9 heteroatoms. The SMILES string of the molecule is COc1ccc(OC)c(-n2nnnc2SCc2ccc(Cl)cc2Cl)c1. The average molecular weight is 397 g/mol. The predicted molar refractivity (Wildman–Crippen MR) is 98.3 cm³/mol. The summed E-state index contributed by atoms with van der Waals surface area (Å²) in [6.45, 7) is 0. The number of nitrogens with zero attached hydrogens (tertiary/aromatic N) is 4. The summed E-state index contributed by atoms with van der Waals surface area (Å²) in [5.74, 6) is 1.92. The van der Waals surface area contributed by atoms with Gasteiger partial charge in [-0.05, 0) is 40.3 Å². The third kappa shape index (κ3) is 4.00. The Morgan fingerprint density at radius 2 is 1.92 bits per heavy atom. The minimum Gasteiger partial charge on any atom is -0.497 e. The normalized spacial score (nSPS) is 10.7. The van der Waals surface area contributed by atoms with Crippen LogP contribution in [0.15, 0.2) is 41.6 Å². The molecule has 0 bridgehead atoms. The Balaban J connectivity index is 1.88. The van der Waals surface area contributed by atoms with Gasteiger partial charge < -0.3 is 9.47 Å². The molecular weight excluding hydrogens is 383 g/mol. The smallest absolute Gasteiger partial charge is 0.214 e. The second-order valence-corrected chi connectivity index (χ2v) is 6.72. The molecule has 1 aromatic heterocycles. The number of benzene rings is 2. The first-order valence-corrected chi connectivity index (χ1v) is 8.94. The van der Waals surface area contributed by atoms with Crippen LogP contribution in [-0.2, 0) is 5.75 Å². The van der Waals surface area contributed by atoms with Crippen molar-refractivity contribution in [2.75, 3.05) is 14.2 Å². The Morgan fingerprint density at radius 3 is 2.64 bits per heavy atom. The molecule has 0 radical (unpaired) electrons. The van der Waals surface area contributed by atoms with Gasteiger partial charge in [0.15, 0.2) is 0 Å². The maximum Gasteiger partial charge on any atom is 0.214 e. The van der Waals surface area contributed by atoms with Crippen LogP contribution in [0.3, 0.4) is 0 Å². The summed E-state index contributed by atoms with van der Waals surface area (Å²) < 4.78 is 12.3. The van der Waals surface area contributed by atoms with Gasteiger partial charge in [-0.1, -0.05) is 41.0 Å². The van der Waals surface area contributed by atoms with Crippen molar-refractivity contribution in [2.45, 2.75) is 10.9 Å². The third-order valence-corrected chi connectivity index (χ3v) is 4.98. The van der Waals surface area contributed by atoms with Crippen molar-refractivity contribution >= 4 is 35.0 Å². The summed E-state index contributed by atoms with van der Waals surface area (Å²) in [6, 6.07) is 10.8. The van der Waals surface area contributed by atoms with Gasteiger partial charge in [0.2, 0.25) is 5.16 Å². The van der Waals surface area contributed by atoms with E-state index >= 15 is 0 Å². The lowest BCUT2D eigenvalue weighted by Crippen LogP contribution is -2.02. The summed E-state index contributed by atoms with van der Waals surface area (Å²) in [5, 5.41) is 13.7. The first kappa shape index (κ1) is 17.8. The van der Waals surface area contributed by atoms with Crippen molar-refractivity contribution in [2.24, 2.45) is 0 Å². The molecule has 6 nitrogen and oxygen atoms in total. The molecule has 0 atom stereocenters. The Hall–Kier alpha value is -1.96. The Morgan fingerprint density at radius 1 is 1.08 bits per heavy atom. The van der Waals surface area contributed by atoms with E-state index in [1.165, 1.54) is 11.8 Å². The van der Waals surface area contributed by atoms with Crippen LogP contribution < -0.4 is 9.47 Å². The number of hydrogen-bond donors (Lipinski definition) is 0. The fraction of sp³-hybridized carbons (Fsp3) is 0.188. The summed E-state index contributed by atoms with van der Waals surface area (Å²) in [4.78, 5) is 0. The van der Waals surface area contributed by atoms with Gasteiger partial charge in [-0.2, -0.15) is 4.68 Å². The van der Waals surface area contributed by atoms with Crippen LogP contribution in [0.4, 0.5) is 0 Å². The second kappa shape index (κ2) is 7.95. The number of ether oxygens (including phenoxy) is 2. The molecule has 0 saturated heterocycles. The quantitative estimate of drug-likeness (QED) is 0.579. The van der Waals surface area contributed by atoms with Crippen LogP contribution in [-0.4, -0.2) is 34.4 Å². The van der Waals surface area contributed by atoms with Gasteiger partial charge in [0.25, 0.3) is 0 Å². The standard InChI is InChI=1S/C16H14Cl2N4O2S/c1-23-12-5-6-15(24-2)14(8-12)22-16(19-20-21-22)25-9-10-3-4-11(17)7-13(10)18/h3-8H,9H2,1-2H3. The fourth-order valence-corrected chi connectivity index (χ4v) is 3.61. The molecule has 130 valence electrons. The zero-order chi connectivity index (χ0) is 17.8. The van der Waals surface area contributed by atoms with Crippen LogP contribution in [0.25, 0.3) is 5.69 Å². The molecule has 0 aliphatic carbocycles. The van der Waals surface area contributed by atoms with Crippen LogP contribution >= 0.6 is 35.0 Å². The number of thioether (sulfide) groups is 1. The highest BCUT2D eigenvalue weighted by atomic mass is 35.5. The number of methoxy groups -OCH3 is 2. The number of aromatic nitrogens is 4. The van der Waals surface area contributed by atoms with E-state index in [2.05, 4.69) is 15.5 Å². The summed E-state index contributed by atoms with van der Waals surface area (Å²) >= 11 is 13.6. The van der Waals surface area contributed by atoms with Gasteiger partial charge in [0.05, 0.1) is 14.2 Å². The van der Waals surface area contributed by atoms with Gasteiger partial charge in [0, 0.05) is 21.9 Å². The summed E-state index contributed by atoms with van der Waals surface area (Å²) in [7, 11) is 3.19. The number of tetrazole rings is 1. The number of halogens is 2. The number of hydrogen-bond acceptors (Lipinski definition) is 6. The lowest BCUT2D eigenvalue weighted by Gasteiger charge is -2.11. The third-order valence-electron chi connectivity index (χ3n) is 3.43. The van der Waals surface area contributed by atoms with Crippen LogP contribution in [0, 0.1) is 0 Å². The molecule has 3 rings (SSSR count). The van der Waals surface area contributed by atoms with Gasteiger partial charge >= 0.3 is 0 Å². The largest absolute Gasteiger partial charge is 0.497 e. The Kier molecular flexibility index (Phi) is 5.67. The van der Waals surface area contributed by atoms with E-state index in [1.54, 1.807) is 37.1 Å². The van der Waals surface area contributed by atoms with Crippen molar-refractivity contribution in [1.29, 1.82) is 0 Å². The van der Waals surface area contributed by atoms with E-state index in [4.69, 9.17) is 32.7 Å². The van der Waals surface area contributed by atoms with E-state index < -0.39 is 0 Å². The highest BCUT2D eigenvalue weighted by molar-refractivity contribution is 7.98. The lowest BCUT2D eigenvalue weighted by molar-refractivity contribution is 0.399. The molecule has 2 aromatic carbocycles. The molecular formula is C16H14Cl2N4O2S. The molecule has 0 spiro atoms. The van der Waals surface area contributed by atoms with Crippen molar-refractivity contribution in [1.82, 2.24) is 20.2 Å². The van der Waals surface area contributed by atoms with Gasteiger partial charge in [-0.25, -0.2) is 0 Å². The van der Waals surface area contributed by atoms with Crippen molar-refractivity contribution in [3.8, 4) is 17.2 Å². The lowest BCUT2D eigenvalue weighted by atomic mass is 10.2. The Labute approximate surface area is 159 Å². The first-order valence-electron chi connectivity index (χ1n) is 7.20. The van der Waals surface area contributed by atoms with Gasteiger partial charge in [-0.3, -0.25) is 0 Å². The highest BCUT2D eigenvalue weighted by Crippen LogP contribution is 2.32. The monoisotopic (exact) mass is 396 g/mol. The zero-order valence-electron chi connectivity index (χ0n) is 13.4.